The second kappa shape index (κ2) is 5.89. The Labute approximate surface area is 111 Å². The summed E-state index contributed by atoms with van der Waals surface area (Å²) in [4.78, 5) is 2.56. The van der Waals surface area contributed by atoms with Gasteiger partial charge in [-0.25, -0.2) is 0 Å². The number of hydrogen-bond acceptors (Lipinski definition) is 3. The minimum atomic E-state index is 0.806. The molecular weight excluding hydrogens is 224 g/mol. The van der Waals surface area contributed by atoms with Crippen molar-refractivity contribution in [1.29, 1.82) is 0 Å². The first-order valence-corrected chi connectivity index (χ1v) is 7.05. The van der Waals surface area contributed by atoms with E-state index < -0.39 is 0 Å². The van der Waals surface area contributed by atoms with Crippen LogP contribution in [0.4, 0.5) is 0 Å². The van der Waals surface area contributed by atoms with E-state index in [0.29, 0.717) is 0 Å². The maximum atomic E-state index is 5.75. The van der Waals surface area contributed by atoms with E-state index in [1.165, 1.54) is 25.1 Å². The largest absolute Gasteiger partial charge is 0.465 e. The molecular formula is C15H26N2O. The number of furan rings is 1. The first-order valence-electron chi connectivity index (χ1n) is 7.05. The minimum absolute atomic E-state index is 0.806. The quantitative estimate of drug-likeness (QED) is 0.871. The number of hydrogen-bond donors (Lipinski definition) is 1. The zero-order valence-corrected chi connectivity index (χ0v) is 12.1. The molecule has 0 saturated carbocycles. The lowest BCUT2D eigenvalue weighted by molar-refractivity contribution is 0.295. The van der Waals surface area contributed by atoms with Gasteiger partial charge in [0.05, 0.1) is 6.54 Å². The third-order valence-electron chi connectivity index (χ3n) is 4.07. The van der Waals surface area contributed by atoms with Crippen molar-refractivity contribution in [3.8, 4) is 0 Å². The Balaban J connectivity index is 1.94. The first-order chi connectivity index (χ1) is 8.60. The van der Waals surface area contributed by atoms with Gasteiger partial charge in [-0.3, -0.25) is 4.90 Å². The van der Waals surface area contributed by atoms with Crippen molar-refractivity contribution in [3.63, 3.8) is 0 Å². The van der Waals surface area contributed by atoms with Crippen LogP contribution in [0.15, 0.2) is 10.5 Å². The number of nitrogens with zero attached hydrogens (tertiary/aromatic N) is 1. The molecule has 0 bridgehead atoms. The van der Waals surface area contributed by atoms with Gasteiger partial charge in [-0.05, 0) is 44.8 Å². The molecule has 0 spiro atoms. The molecule has 1 unspecified atom stereocenters. The molecule has 0 radical (unpaired) electrons. The van der Waals surface area contributed by atoms with E-state index >= 15 is 0 Å². The van der Waals surface area contributed by atoms with Crippen LogP contribution >= 0.6 is 0 Å². The predicted octanol–water partition coefficient (Wildman–Crippen LogP) is 2.79. The van der Waals surface area contributed by atoms with Gasteiger partial charge < -0.3 is 9.73 Å². The molecule has 0 aliphatic carbocycles. The van der Waals surface area contributed by atoms with Gasteiger partial charge in [-0.15, -0.1) is 0 Å². The maximum Gasteiger partial charge on any atom is 0.118 e. The van der Waals surface area contributed by atoms with Gasteiger partial charge in [-0.1, -0.05) is 13.8 Å². The van der Waals surface area contributed by atoms with Crippen molar-refractivity contribution in [2.45, 2.75) is 40.3 Å². The summed E-state index contributed by atoms with van der Waals surface area (Å²) < 4.78 is 5.75. The Bertz CT molecular complexity index is 384. The molecule has 1 atom stereocenters. The van der Waals surface area contributed by atoms with Crippen LogP contribution in [0.2, 0.25) is 0 Å². The molecule has 2 heterocycles. The fraction of sp³-hybridized carbons (Fsp3) is 0.733. The average Bonchev–Trinajstić information content (AvgIpc) is 2.88. The zero-order valence-electron chi connectivity index (χ0n) is 12.1. The Hall–Kier alpha value is -0.800. The molecule has 3 heteroatoms. The Morgan fingerprint density at radius 2 is 2.28 bits per heavy atom. The lowest BCUT2D eigenvalue weighted by Crippen LogP contribution is -2.21. The summed E-state index contributed by atoms with van der Waals surface area (Å²) in [6.07, 6.45) is 1.35. The fourth-order valence-electron chi connectivity index (χ4n) is 2.80. The van der Waals surface area contributed by atoms with Gasteiger partial charge in [-0.2, -0.15) is 0 Å². The molecule has 1 aromatic rings. The van der Waals surface area contributed by atoms with E-state index in [1.54, 1.807) is 0 Å². The monoisotopic (exact) mass is 250 g/mol. The van der Waals surface area contributed by atoms with Crippen molar-refractivity contribution < 1.29 is 4.42 Å². The van der Waals surface area contributed by atoms with Crippen LogP contribution in [0, 0.1) is 18.8 Å². The lowest BCUT2D eigenvalue weighted by Gasteiger charge is -2.17. The molecule has 1 aliphatic heterocycles. The standard InChI is InChI=1S/C15H26N2O/c1-11(2)13-5-6-17(9-13)10-14-7-15(8-16-4)18-12(14)3/h7,11,13,16H,5-6,8-10H2,1-4H3. The fourth-order valence-corrected chi connectivity index (χ4v) is 2.80. The SMILES string of the molecule is CNCc1cc(CN2CCC(C(C)C)C2)c(C)o1. The normalized spacial score (nSPS) is 21.1. The molecule has 0 aromatic carbocycles. The van der Waals surface area contributed by atoms with E-state index in [0.717, 1.165) is 36.4 Å². The van der Waals surface area contributed by atoms with E-state index in [9.17, 15) is 0 Å². The van der Waals surface area contributed by atoms with Crippen molar-refractivity contribution in [2.24, 2.45) is 11.8 Å². The average molecular weight is 250 g/mol. The molecule has 18 heavy (non-hydrogen) atoms. The van der Waals surface area contributed by atoms with Crippen LogP contribution in [-0.2, 0) is 13.1 Å². The minimum Gasteiger partial charge on any atom is -0.465 e. The smallest absolute Gasteiger partial charge is 0.118 e. The zero-order chi connectivity index (χ0) is 13.1. The lowest BCUT2D eigenvalue weighted by atomic mass is 9.95. The van der Waals surface area contributed by atoms with Gasteiger partial charge in [0.25, 0.3) is 0 Å². The van der Waals surface area contributed by atoms with Gasteiger partial charge in [0.1, 0.15) is 11.5 Å². The number of likely N-dealkylation sites (tertiary alicyclic amines) is 1. The third-order valence-corrected chi connectivity index (χ3v) is 4.07. The second-order valence-corrected chi connectivity index (χ2v) is 5.85. The van der Waals surface area contributed by atoms with E-state index in [-0.39, 0.29) is 0 Å². The summed E-state index contributed by atoms with van der Waals surface area (Å²) in [7, 11) is 1.95. The summed E-state index contributed by atoms with van der Waals surface area (Å²) in [6.45, 7) is 11.1. The topological polar surface area (TPSA) is 28.4 Å². The molecule has 1 saturated heterocycles. The highest BCUT2D eigenvalue weighted by atomic mass is 16.3. The van der Waals surface area contributed by atoms with Gasteiger partial charge in [0.2, 0.25) is 0 Å². The molecule has 0 amide bonds. The molecule has 102 valence electrons. The molecule has 2 rings (SSSR count). The molecule has 3 nitrogen and oxygen atoms in total. The van der Waals surface area contributed by atoms with Crippen molar-refractivity contribution in [2.75, 3.05) is 20.1 Å². The highest BCUT2D eigenvalue weighted by Crippen LogP contribution is 2.26. The summed E-state index contributed by atoms with van der Waals surface area (Å²) in [5, 5.41) is 3.13. The maximum absolute atomic E-state index is 5.75. The molecule has 1 fully saturated rings. The van der Waals surface area contributed by atoms with Crippen molar-refractivity contribution >= 4 is 0 Å². The molecule has 1 aliphatic rings. The van der Waals surface area contributed by atoms with Crippen LogP contribution in [0.25, 0.3) is 0 Å². The van der Waals surface area contributed by atoms with Gasteiger partial charge in [0.15, 0.2) is 0 Å². The summed E-state index contributed by atoms with van der Waals surface area (Å²) in [6, 6.07) is 2.20. The van der Waals surface area contributed by atoms with Crippen LogP contribution < -0.4 is 5.32 Å². The van der Waals surface area contributed by atoms with Crippen molar-refractivity contribution in [1.82, 2.24) is 10.2 Å². The molecule has 1 N–H and O–H groups in total. The van der Waals surface area contributed by atoms with E-state index in [4.69, 9.17) is 4.42 Å². The van der Waals surface area contributed by atoms with E-state index in [1.807, 2.05) is 7.05 Å². The Morgan fingerprint density at radius 1 is 1.50 bits per heavy atom. The highest BCUT2D eigenvalue weighted by Gasteiger charge is 2.25. The van der Waals surface area contributed by atoms with E-state index in [2.05, 4.69) is 37.1 Å². The third kappa shape index (κ3) is 3.15. The number of rotatable bonds is 5. The van der Waals surface area contributed by atoms with Crippen LogP contribution in [0.5, 0.6) is 0 Å². The Morgan fingerprint density at radius 3 is 2.89 bits per heavy atom. The Kier molecular flexibility index (Phi) is 4.46. The second-order valence-electron chi connectivity index (χ2n) is 5.85. The molecule has 1 aromatic heterocycles. The first kappa shape index (κ1) is 13.6. The summed E-state index contributed by atoms with van der Waals surface area (Å²) >= 11 is 0. The highest BCUT2D eigenvalue weighted by molar-refractivity contribution is 5.20. The predicted molar refractivity (Wildman–Crippen MR) is 74.4 cm³/mol. The number of aryl methyl sites for hydroxylation is 1. The van der Waals surface area contributed by atoms with Crippen LogP contribution in [-0.4, -0.2) is 25.0 Å². The van der Waals surface area contributed by atoms with Crippen LogP contribution in [0.3, 0.4) is 0 Å². The van der Waals surface area contributed by atoms with Crippen LogP contribution in [0.1, 0.15) is 37.4 Å². The number of nitrogens with one attached hydrogen (secondary N) is 1. The summed E-state index contributed by atoms with van der Waals surface area (Å²) in [5.41, 5.74) is 1.35. The van der Waals surface area contributed by atoms with Gasteiger partial charge in [0, 0.05) is 18.7 Å². The summed E-state index contributed by atoms with van der Waals surface area (Å²) in [5.74, 6) is 3.80. The van der Waals surface area contributed by atoms with Gasteiger partial charge >= 0.3 is 0 Å². The van der Waals surface area contributed by atoms with Crippen molar-refractivity contribution in [3.05, 3.63) is 23.2 Å².